The maximum atomic E-state index is 12.9. The third-order valence-corrected chi connectivity index (χ3v) is 6.57. The zero-order valence-corrected chi connectivity index (χ0v) is 21.4. The van der Waals surface area contributed by atoms with E-state index in [1.807, 2.05) is 26.0 Å². The minimum atomic E-state index is -3.73. The van der Waals surface area contributed by atoms with Crippen molar-refractivity contribution >= 4 is 21.6 Å². The second-order valence-electron chi connectivity index (χ2n) is 8.20. The highest BCUT2D eigenvalue weighted by molar-refractivity contribution is 7.92. The van der Waals surface area contributed by atoms with Gasteiger partial charge in [0.25, 0.3) is 0 Å². The average molecular weight is 479 g/mol. The maximum Gasteiger partial charge on any atom is 0.241 e. The van der Waals surface area contributed by atoms with Crippen LogP contribution in [0.5, 0.6) is 17.2 Å². The molecule has 0 bridgehead atoms. The van der Waals surface area contributed by atoms with Gasteiger partial charge in [-0.1, -0.05) is 13.8 Å². The van der Waals surface area contributed by atoms with Crippen LogP contribution >= 0.6 is 0 Å². The molecule has 1 amide bonds. The average Bonchev–Trinajstić information content (AvgIpc) is 2.75. The molecule has 182 valence electrons. The molecule has 8 nitrogen and oxygen atoms in total. The van der Waals surface area contributed by atoms with Crippen molar-refractivity contribution in [1.82, 2.24) is 5.32 Å². The summed E-state index contributed by atoms with van der Waals surface area (Å²) in [4.78, 5) is 12.9. The second-order valence-corrected chi connectivity index (χ2v) is 10.1. The molecule has 1 N–H and O–H groups in total. The van der Waals surface area contributed by atoms with Crippen LogP contribution in [0.1, 0.15) is 49.4 Å². The van der Waals surface area contributed by atoms with Crippen molar-refractivity contribution < 1.29 is 27.4 Å². The maximum absolute atomic E-state index is 12.9. The van der Waals surface area contributed by atoms with Gasteiger partial charge in [0.05, 0.1) is 39.3 Å². The molecule has 0 aliphatic heterocycles. The Balaban J connectivity index is 2.29. The molecule has 0 saturated heterocycles. The smallest absolute Gasteiger partial charge is 0.241 e. The molecular formula is C24H34N2O6S. The number of sulfonamides is 1. The van der Waals surface area contributed by atoms with Gasteiger partial charge in [-0.05, 0) is 60.7 Å². The van der Waals surface area contributed by atoms with Crippen molar-refractivity contribution in [3.05, 3.63) is 47.0 Å². The van der Waals surface area contributed by atoms with Crippen LogP contribution in [-0.2, 0) is 14.8 Å². The molecule has 2 aromatic carbocycles. The number of ether oxygens (including phenoxy) is 3. The molecule has 9 heteroatoms. The van der Waals surface area contributed by atoms with Gasteiger partial charge in [0, 0.05) is 6.07 Å². The molecule has 0 aromatic heterocycles. The molecule has 0 saturated carbocycles. The van der Waals surface area contributed by atoms with Crippen molar-refractivity contribution in [3.8, 4) is 17.2 Å². The van der Waals surface area contributed by atoms with Crippen molar-refractivity contribution in [3.63, 3.8) is 0 Å². The number of rotatable bonds is 10. The van der Waals surface area contributed by atoms with E-state index in [-0.39, 0.29) is 18.5 Å². The van der Waals surface area contributed by atoms with E-state index in [0.717, 1.165) is 33.0 Å². The highest BCUT2D eigenvalue weighted by Gasteiger charge is 2.24. The van der Waals surface area contributed by atoms with Crippen LogP contribution in [0.4, 0.5) is 5.69 Å². The first-order valence-corrected chi connectivity index (χ1v) is 12.4. The quantitative estimate of drug-likeness (QED) is 0.558. The molecule has 33 heavy (non-hydrogen) atoms. The van der Waals surface area contributed by atoms with Gasteiger partial charge >= 0.3 is 0 Å². The Morgan fingerprint density at radius 2 is 1.55 bits per heavy atom. The number of hydrogen-bond acceptors (Lipinski definition) is 6. The van der Waals surface area contributed by atoms with Gasteiger partial charge in [0.1, 0.15) is 12.3 Å². The molecule has 0 heterocycles. The van der Waals surface area contributed by atoms with Gasteiger partial charge < -0.3 is 19.5 Å². The van der Waals surface area contributed by atoms with Crippen LogP contribution in [0.25, 0.3) is 0 Å². The Kier molecular flexibility index (Phi) is 8.60. The Morgan fingerprint density at radius 3 is 2.06 bits per heavy atom. The molecule has 1 unspecified atom stereocenters. The third-order valence-electron chi connectivity index (χ3n) is 5.43. The summed E-state index contributed by atoms with van der Waals surface area (Å²) in [5.41, 5.74) is 3.27. The number of anilines is 1. The number of aryl methyl sites for hydroxylation is 1. The van der Waals surface area contributed by atoms with Crippen LogP contribution < -0.4 is 23.8 Å². The zero-order valence-electron chi connectivity index (χ0n) is 20.6. The van der Waals surface area contributed by atoms with Crippen molar-refractivity contribution in [2.24, 2.45) is 0 Å². The van der Waals surface area contributed by atoms with Gasteiger partial charge in [-0.25, -0.2) is 8.42 Å². The largest absolute Gasteiger partial charge is 0.496 e. The lowest BCUT2D eigenvalue weighted by Gasteiger charge is -2.25. The predicted octanol–water partition coefficient (Wildman–Crippen LogP) is 3.79. The van der Waals surface area contributed by atoms with E-state index in [4.69, 9.17) is 14.2 Å². The SMILES string of the molecule is COc1ccc(N(CC(=O)NC(C)c2cc(C(C)C)c(OC)cc2C)S(C)(=O)=O)cc1OC. The summed E-state index contributed by atoms with van der Waals surface area (Å²) >= 11 is 0. The van der Waals surface area contributed by atoms with Crippen LogP contribution in [0.3, 0.4) is 0 Å². The number of amides is 1. The van der Waals surface area contributed by atoms with Crippen LogP contribution in [0.2, 0.25) is 0 Å². The van der Waals surface area contributed by atoms with Crippen LogP contribution in [0, 0.1) is 6.92 Å². The van der Waals surface area contributed by atoms with E-state index in [0.29, 0.717) is 17.2 Å². The van der Waals surface area contributed by atoms with Crippen LogP contribution in [0.15, 0.2) is 30.3 Å². The first-order valence-electron chi connectivity index (χ1n) is 10.6. The van der Waals surface area contributed by atoms with Gasteiger partial charge in [-0.2, -0.15) is 0 Å². The van der Waals surface area contributed by atoms with Crippen molar-refractivity contribution in [2.45, 2.75) is 39.7 Å². The second kappa shape index (κ2) is 10.8. The number of methoxy groups -OCH3 is 3. The summed E-state index contributed by atoms with van der Waals surface area (Å²) in [6, 6.07) is 8.36. The summed E-state index contributed by atoms with van der Waals surface area (Å²) in [5.74, 6) is 1.45. The summed E-state index contributed by atoms with van der Waals surface area (Å²) in [5, 5.41) is 2.92. The fourth-order valence-corrected chi connectivity index (χ4v) is 4.53. The molecule has 2 rings (SSSR count). The molecule has 0 aliphatic carbocycles. The molecule has 0 fully saturated rings. The topological polar surface area (TPSA) is 94.2 Å². The third kappa shape index (κ3) is 6.31. The lowest BCUT2D eigenvalue weighted by molar-refractivity contribution is -0.120. The monoisotopic (exact) mass is 478 g/mol. The molecular weight excluding hydrogens is 444 g/mol. The van der Waals surface area contributed by atoms with E-state index in [2.05, 4.69) is 19.2 Å². The number of hydrogen-bond donors (Lipinski definition) is 1. The van der Waals surface area contributed by atoms with E-state index >= 15 is 0 Å². The Morgan fingerprint density at radius 1 is 0.939 bits per heavy atom. The van der Waals surface area contributed by atoms with E-state index in [1.54, 1.807) is 19.2 Å². The molecule has 0 radical (unpaired) electrons. The summed E-state index contributed by atoms with van der Waals surface area (Å²) < 4.78 is 42.0. The molecule has 1 atom stereocenters. The summed E-state index contributed by atoms with van der Waals surface area (Å²) in [6.45, 7) is 7.61. The minimum Gasteiger partial charge on any atom is -0.496 e. The fraction of sp³-hybridized carbons (Fsp3) is 0.458. The summed E-state index contributed by atoms with van der Waals surface area (Å²) in [6.07, 6.45) is 1.06. The normalized spacial score (nSPS) is 12.3. The Labute approximate surface area is 196 Å². The van der Waals surface area contributed by atoms with Gasteiger partial charge in [-0.15, -0.1) is 0 Å². The standard InChI is InChI=1S/C24H34N2O6S/c1-15(2)19-13-20(16(3)11-22(19)31-6)17(4)25-24(27)14-26(33(8,28)29)18-9-10-21(30-5)23(12-18)32-7/h9-13,15,17H,14H2,1-8H3,(H,25,27). The predicted molar refractivity (Wildman–Crippen MR) is 130 cm³/mol. The molecule has 0 spiro atoms. The highest BCUT2D eigenvalue weighted by atomic mass is 32.2. The number of carbonyl (C=O) groups excluding carboxylic acids is 1. The van der Waals surface area contributed by atoms with Crippen molar-refractivity contribution in [1.29, 1.82) is 0 Å². The fourth-order valence-electron chi connectivity index (χ4n) is 3.69. The Hall–Kier alpha value is -2.94. The number of nitrogens with zero attached hydrogens (tertiary/aromatic N) is 1. The highest BCUT2D eigenvalue weighted by Crippen LogP contribution is 2.33. The van der Waals surface area contributed by atoms with Crippen LogP contribution in [-0.4, -0.2) is 48.5 Å². The molecule has 2 aromatic rings. The number of benzene rings is 2. The number of nitrogens with one attached hydrogen (secondary N) is 1. The van der Waals surface area contributed by atoms with Crippen molar-refractivity contribution in [2.75, 3.05) is 38.4 Å². The first-order chi connectivity index (χ1) is 15.4. The van der Waals surface area contributed by atoms with E-state index < -0.39 is 15.9 Å². The lowest BCUT2D eigenvalue weighted by atomic mass is 9.93. The van der Waals surface area contributed by atoms with E-state index in [1.165, 1.54) is 20.3 Å². The molecule has 0 aliphatic rings. The van der Waals surface area contributed by atoms with E-state index in [9.17, 15) is 13.2 Å². The zero-order chi connectivity index (χ0) is 24.9. The summed E-state index contributed by atoms with van der Waals surface area (Å²) in [7, 11) is 0.859. The first kappa shape index (κ1) is 26.3. The number of carbonyl (C=O) groups is 1. The van der Waals surface area contributed by atoms with Gasteiger partial charge in [0.2, 0.25) is 15.9 Å². The van der Waals surface area contributed by atoms with Gasteiger partial charge in [-0.3, -0.25) is 9.10 Å². The minimum absolute atomic E-state index is 0.243. The Bertz CT molecular complexity index is 1100. The van der Waals surface area contributed by atoms with Gasteiger partial charge in [0.15, 0.2) is 11.5 Å². The lowest BCUT2D eigenvalue weighted by Crippen LogP contribution is -2.41.